The molecule has 3 aliphatic rings. The van der Waals surface area contributed by atoms with Crippen LogP contribution in [0.4, 0.5) is 0 Å². The van der Waals surface area contributed by atoms with Crippen LogP contribution in [0.3, 0.4) is 0 Å². The summed E-state index contributed by atoms with van der Waals surface area (Å²) in [7, 11) is 0. The van der Waals surface area contributed by atoms with Crippen LogP contribution in [0.2, 0.25) is 0 Å². The Balaban J connectivity index is 1.24. The fourth-order valence-corrected chi connectivity index (χ4v) is 4.88. The van der Waals surface area contributed by atoms with E-state index in [2.05, 4.69) is 0 Å². The lowest BCUT2D eigenvalue weighted by Crippen LogP contribution is -2.63. The molecule has 14 nitrogen and oxygen atoms in total. The molecule has 3 heterocycles. The van der Waals surface area contributed by atoms with Crippen LogP contribution in [0.5, 0.6) is 23.0 Å². The van der Waals surface area contributed by atoms with Crippen molar-refractivity contribution >= 4 is 5.78 Å². The third-order valence-corrected chi connectivity index (χ3v) is 7.06. The summed E-state index contributed by atoms with van der Waals surface area (Å²) in [5, 5.41) is 80.5. The van der Waals surface area contributed by atoms with E-state index >= 15 is 0 Å². The molecule has 14 heteroatoms. The molecule has 0 radical (unpaired) electrons. The van der Waals surface area contributed by atoms with E-state index in [0.29, 0.717) is 5.56 Å². The van der Waals surface area contributed by atoms with Crippen LogP contribution in [0.1, 0.15) is 28.4 Å². The quantitative estimate of drug-likeness (QED) is 0.198. The van der Waals surface area contributed by atoms with Crippen molar-refractivity contribution in [1.82, 2.24) is 0 Å². The summed E-state index contributed by atoms with van der Waals surface area (Å²) >= 11 is 0. The molecule has 2 aromatic rings. The number of aliphatic hydroxyl groups excluding tert-OH is 6. The fraction of sp³-hybridized carbons (Fsp3) is 0.500. The minimum atomic E-state index is -1.67. The van der Waals surface area contributed by atoms with Gasteiger partial charge in [0.05, 0.1) is 19.6 Å². The average Bonchev–Trinajstić information content (AvgIpc) is 2.92. The van der Waals surface area contributed by atoms with Gasteiger partial charge >= 0.3 is 0 Å². The standard InChI is InChI=1S/C26H30O14/c27-8-18-24(40-25-22(34)20(32)15(31)9-36-25)21(33)23(35)26(39-18)37-12-3-1-10(2-4-12)16-7-14(30)19-13(29)5-11(28)6-17(19)38-16/h1-6,15-16,18,20-29,31-35H,7-9H2/t15-,16?,18-,20?,21?,22-,23?,24-,25+,26-/m1/s1. The zero-order valence-corrected chi connectivity index (χ0v) is 20.9. The van der Waals surface area contributed by atoms with Gasteiger partial charge in [-0.1, -0.05) is 12.1 Å². The Hall–Kier alpha value is -3.05. The second kappa shape index (κ2) is 11.4. The number of aliphatic hydroxyl groups is 6. The van der Waals surface area contributed by atoms with Crippen LogP contribution in [0, 0.1) is 0 Å². The summed E-state index contributed by atoms with van der Waals surface area (Å²) in [5.41, 5.74) is 0.578. The van der Waals surface area contributed by atoms with Crippen molar-refractivity contribution in [2.24, 2.45) is 0 Å². The highest BCUT2D eigenvalue weighted by molar-refractivity contribution is 6.02. The Morgan fingerprint density at radius 1 is 0.900 bits per heavy atom. The van der Waals surface area contributed by atoms with Gasteiger partial charge in [0.25, 0.3) is 0 Å². The smallest absolute Gasteiger partial charge is 0.229 e. The van der Waals surface area contributed by atoms with Gasteiger partial charge in [-0.2, -0.15) is 0 Å². The highest BCUT2D eigenvalue weighted by Crippen LogP contribution is 2.42. The first kappa shape index (κ1) is 28.5. The van der Waals surface area contributed by atoms with Crippen LogP contribution in [-0.4, -0.2) is 115 Å². The maximum Gasteiger partial charge on any atom is 0.229 e. The van der Waals surface area contributed by atoms with Gasteiger partial charge in [0.15, 0.2) is 12.1 Å². The fourth-order valence-electron chi connectivity index (χ4n) is 4.88. The van der Waals surface area contributed by atoms with Gasteiger partial charge in [-0.25, -0.2) is 0 Å². The first-order valence-electron chi connectivity index (χ1n) is 12.5. The summed E-state index contributed by atoms with van der Waals surface area (Å²) in [5.74, 6) is -0.731. The number of aromatic hydroxyl groups is 2. The molecule has 218 valence electrons. The predicted octanol–water partition coefficient (Wildman–Crippen LogP) is -1.55. The largest absolute Gasteiger partial charge is 0.508 e. The highest BCUT2D eigenvalue weighted by Gasteiger charge is 2.49. The monoisotopic (exact) mass is 566 g/mol. The number of benzene rings is 2. The van der Waals surface area contributed by atoms with Gasteiger partial charge in [0.2, 0.25) is 6.29 Å². The van der Waals surface area contributed by atoms with Crippen LogP contribution in [0.15, 0.2) is 36.4 Å². The molecule has 0 aromatic heterocycles. The van der Waals surface area contributed by atoms with Gasteiger partial charge in [-0.05, 0) is 17.7 Å². The lowest BCUT2D eigenvalue weighted by atomic mass is 9.95. The van der Waals surface area contributed by atoms with Crippen molar-refractivity contribution < 1.29 is 69.3 Å². The summed E-state index contributed by atoms with van der Waals surface area (Å²) < 4.78 is 27.8. The van der Waals surface area contributed by atoms with E-state index in [-0.39, 0.29) is 47.4 Å². The third-order valence-electron chi connectivity index (χ3n) is 7.06. The lowest BCUT2D eigenvalue weighted by molar-refractivity contribution is -0.339. The summed E-state index contributed by atoms with van der Waals surface area (Å²) in [6, 6.07) is 8.52. The molecular weight excluding hydrogens is 536 g/mol. The van der Waals surface area contributed by atoms with Crippen molar-refractivity contribution in [3.63, 3.8) is 0 Å². The number of fused-ring (bicyclic) bond motifs is 1. The number of ketones is 1. The first-order valence-corrected chi connectivity index (χ1v) is 12.5. The Kier molecular flexibility index (Phi) is 8.15. The average molecular weight is 567 g/mol. The van der Waals surface area contributed by atoms with Crippen molar-refractivity contribution in [1.29, 1.82) is 0 Å². The molecule has 0 saturated carbocycles. The van der Waals surface area contributed by atoms with E-state index < -0.39 is 68.0 Å². The number of hydrogen-bond donors (Lipinski definition) is 8. The second-order valence-electron chi connectivity index (χ2n) is 9.82. The zero-order valence-electron chi connectivity index (χ0n) is 20.9. The molecule has 2 aromatic carbocycles. The molecule has 40 heavy (non-hydrogen) atoms. The Bertz CT molecular complexity index is 1200. The molecule has 2 fully saturated rings. The van der Waals surface area contributed by atoms with Crippen molar-refractivity contribution in [2.45, 2.75) is 67.8 Å². The minimum Gasteiger partial charge on any atom is -0.508 e. The van der Waals surface area contributed by atoms with Crippen LogP contribution in [0.25, 0.3) is 0 Å². The van der Waals surface area contributed by atoms with E-state index in [4.69, 9.17) is 23.7 Å². The molecule has 5 rings (SSSR count). The third kappa shape index (κ3) is 5.45. The number of phenols is 2. The summed E-state index contributed by atoms with van der Waals surface area (Å²) in [6.07, 6.45) is -14.2. The number of ether oxygens (including phenoxy) is 5. The van der Waals surface area contributed by atoms with Crippen LogP contribution < -0.4 is 9.47 Å². The number of hydrogen-bond acceptors (Lipinski definition) is 14. The zero-order chi connectivity index (χ0) is 28.7. The molecule has 4 unspecified atom stereocenters. The predicted molar refractivity (Wildman–Crippen MR) is 130 cm³/mol. The Labute approximate surface area is 227 Å². The van der Waals surface area contributed by atoms with Gasteiger partial charge in [0.1, 0.15) is 77.4 Å². The number of rotatable bonds is 6. The first-order chi connectivity index (χ1) is 19.1. The van der Waals surface area contributed by atoms with Crippen LogP contribution in [-0.2, 0) is 14.2 Å². The molecule has 2 saturated heterocycles. The summed E-state index contributed by atoms with van der Waals surface area (Å²) in [6.45, 7) is -1.01. The van der Waals surface area contributed by atoms with Gasteiger partial charge in [-0.3, -0.25) is 4.79 Å². The number of carbonyl (C=O) groups excluding carboxylic acids is 1. The Morgan fingerprint density at radius 3 is 2.30 bits per heavy atom. The van der Waals surface area contributed by atoms with Crippen LogP contribution >= 0.6 is 0 Å². The van der Waals surface area contributed by atoms with Crippen molar-refractivity contribution in [3.8, 4) is 23.0 Å². The topological polar surface area (TPSA) is 225 Å². The molecule has 0 aliphatic carbocycles. The lowest BCUT2D eigenvalue weighted by Gasteiger charge is -2.44. The number of carbonyl (C=O) groups is 1. The molecular formula is C26H30O14. The van der Waals surface area contributed by atoms with Gasteiger partial charge in [-0.15, -0.1) is 0 Å². The van der Waals surface area contributed by atoms with Crippen molar-refractivity contribution in [2.75, 3.05) is 13.2 Å². The van der Waals surface area contributed by atoms with E-state index in [1.165, 1.54) is 18.2 Å². The molecule has 10 atom stereocenters. The SMILES string of the molecule is O=C1CC(c2ccc(O[C@@H]3O[C@H](CO)[C@@H](O[C@@H]4OC[C@@H](O)C(O)[C@H]4O)C(O)C3O)cc2)Oc2cc(O)cc(O)c21. The minimum absolute atomic E-state index is 0.00459. The maximum atomic E-state index is 12.6. The molecule has 0 bridgehead atoms. The summed E-state index contributed by atoms with van der Waals surface area (Å²) in [4.78, 5) is 12.6. The number of Topliss-reactive ketones (excluding diaryl/α,β-unsaturated/α-hetero) is 1. The van der Waals surface area contributed by atoms with Gasteiger partial charge < -0.3 is 64.5 Å². The van der Waals surface area contributed by atoms with Gasteiger partial charge in [0, 0.05) is 12.1 Å². The van der Waals surface area contributed by atoms with E-state index in [1.54, 1.807) is 12.1 Å². The van der Waals surface area contributed by atoms with E-state index in [0.717, 1.165) is 6.07 Å². The Morgan fingerprint density at radius 2 is 1.60 bits per heavy atom. The molecule has 3 aliphatic heterocycles. The molecule has 8 N–H and O–H groups in total. The normalized spacial score (nSPS) is 36.0. The van der Waals surface area contributed by atoms with E-state index in [9.17, 15) is 45.6 Å². The second-order valence-corrected chi connectivity index (χ2v) is 9.82. The molecule has 0 spiro atoms. The maximum absolute atomic E-state index is 12.6. The highest BCUT2D eigenvalue weighted by atomic mass is 16.7. The number of phenolic OH excluding ortho intramolecular Hbond substituents is 2. The van der Waals surface area contributed by atoms with Crippen molar-refractivity contribution in [3.05, 3.63) is 47.5 Å². The van der Waals surface area contributed by atoms with E-state index in [1.807, 2.05) is 0 Å². The molecule has 0 amide bonds.